The molecular formula is C18H22N2S. The molecule has 1 aliphatic heterocycles. The van der Waals surface area contributed by atoms with Crippen LogP contribution in [0.1, 0.15) is 30.0 Å². The summed E-state index contributed by atoms with van der Waals surface area (Å²) in [6, 6.07) is 14.4. The summed E-state index contributed by atoms with van der Waals surface area (Å²) in [5.74, 6) is 0.923. The van der Waals surface area contributed by atoms with Crippen molar-refractivity contribution >= 4 is 11.3 Å². The first kappa shape index (κ1) is 13.5. The SMILES string of the molecule is c1ccc(C2CNC(C3CC3)CN2Cc2ccsc2)cc1. The van der Waals surface area contributed by atoms with Crippen LogP contribution >= 0.6 is 11.3 Å². The third-order valence-electron chi connectivity index (χ3n) is 4.79. The molecule has 1 saturated heterocycles. The van der Waals surface area contributed by atoms with Gasteiger partial charge in [-0.3, -0.25) is 4.90 Å². The molecule has 2 nitrogen and oxygen atoms in total. The fraction of sp³-hybridized carbons (Fsp3) is 0.444. The zero-order valence-corrected chi connectivity index (χ0v) is 13.1. The Bertz CT molecular complexity index is 562. The molecule has 1 saturated carbocycles. The Hall–Kier alpha value is -1.16. The maximum Gasteiger partial charge on any atom is 0.0476 e. The monoisotopic (exact) mass is 298 g/mol. The smallest absolute Gasteiger partial charge is 0.0476 e. The number of hydrogen-bond donors (Lipinski definition) is 1. The van der Waals surface area contributed by atoms with Crippen molar-refractivity contribution in [2.75, 3.05) is 13.1 Å². The van der Waals surface area contributed by atoms with Gasteiger partial charge in [-0.05, 0) is 46.7 Å². The molecule has 1 N–H and O–H groups in total. The summed E-state index contributed by atoms with van der Waals surface area (Å²) in [6.45, 7) is 3.34. The van der Waals surface area contributed by atoms with Crippen molar-refractivity contribution in [2.24, 2.45) is 5.92 Å². The molecule has 1 aromatic carbocycles. The summed E-state index contributed by atoms with van der Waals surface area (Å²) in [4.78, 5) is 2.68. The zero-order chi connectivity index (χ0) is 14.1. The van der Waals surface area contributed by atoms with E-state index < -0.39 is 0 Å². The van der Waals surface area contributed by atoms with Gasteiger partial charge in [0.25, 0.3) is 0 Å². The molecule has 2 fully saturated rings. The summed E-state index contributed by atoms with van der Waals surface area (Å²) in [5.41, 5.74) is 2.90. The topological polar surface area (TPSA) is 15.3 Å². The van der Waals surface area contributed by atoms with E-state index in [0.29, 0.717) is 12.1 Å². The molecule has 2 aliphatic rings. The zero-order valence-electron chi connectivity index (χ0n) is 12.2. The second kappa shape index (κ2) is 5.91. The quantitative estimate of drug-likeness (QED) is 0.926. The van der Waals surface area contributed by atoms with Gasteiger partial charge in [0.2, 0.25) is 0 Å². The Balaban J connectivity index is 1.55. The Kier molecular flexibility index (Phi) is 3.80. The van der Waals surface area contributed by atoms with Gasteiger partial charge in [0.05, 0.1) is 0 Å². The number of rotatable bonds is 4. The molecule has 0 amide bonds. The van der Waals surface area contributed by atoms with Gasteiger partial charge in [-0.1, -0.05) is 30.3 Å². The van der Waals surface area contributed by atoms with Crippen LogP contribution < -0.4 is 5.32 Å². The normalized spacial score (nSPS) is 26.9. The molecule has 4 rings (SSSR count). The molecule has 110 valence electrons. The third-order valence-corrected chi connectivity index (χ3v) is 5.52. The highest BCUT2D eigenvalue weighted by Gasteiger charge is 2.37. The second-order valence-corrected chi connectivity index (χ2v) is 7.12. The summed E-state index contributed by atoms with van der Waals surface area (Å²) in [5, 5.41) is 8.28. The Morgan fingerprint density at radius 1 is 1.14 bits per heavy atom. The first-order chi connectivity index (χ1) is 10.4. The fourth-order valence-corrected chi connectivity index (χ4v) is 4.11. The lowest BCUT2D eigenvalue weighted by molar-refractivity contribution is 0.115. The standard InChI is InChI=1S/C18H22N2S/c1-2-4-16(5-3-1)18-10-19-17(15-6-7-15)12-20(18)11-14-8-9-21-13-14/h1-5,8-9,13,15,17-19H,6-7,10-12H2. The highest BCUT2D eigenvalue weighted by Crippen LogP contribution is 2.36. The molecule has 2 heterocycles. The van der Waals surface area contributed by atoms with Crippen molar-refractivity contribution in [3.63, 3.8) is 0 Å². The molecule has 2 atom stereocenters. The van der Waals surface area contributed by atoms with Gasteiger partial charge < -0.3 is 5.32 Å². The number of nitrogens with zero attached hydrogens (tertiary/aromatic N) is 1. The van der Waals surface area contributed by atoms with Crippen LogP contribution in [-0.2, 0) is 6.54 Å². The largest absolute Gasteiger partial charge is 0.311 e. The maximum atomic E-state index is 3.80. The van der Waals surface area contributed by atoms with E-state index in [4.69, 9.17) is 0 Å². The minimum atomic E-state index is 0.501. The van der Waals surface area contributed by atoms with Gasteiger partial charge in [-0.15, -0.1) is 0 Å². The Labute approximate surface area is 130 Å². The number of piperazine rings is 1. The van der Waals surface area contributed by atoms with E-state index in [9.17, 15) is 0 Å². The predicted molar refractivity (Wildman–Crippen MR) is 88.4 cm³/mol. The average Bonchev–Trinajstić information content (AvgIpc) is 3.26. The van der Waals surface area contributed by atoms with Crippen molar-refractivity contribution in [1.82, 2.24) is 10.2 Å². The number of nitrogens with one attached hydrogen (secondary N) is 1. The number of thiophene rings is 1. The molecule has 1 aromatic heterocycles. The molecule has 0 radical (unpaired) electrons. The lowest BCUT2D eigenvalue weighted by Crippen LogP contribution is -2.52. The number of hydrogen-bond acceptors (Lipinski definition) is 3. The van der Waals surface area contributed by atoms with Crippen molar-refractivity contribution in [1.29, 1.82) is 0 Å². The van der Waals surface area contributed by atoms with Crippen LogP contribution in [0, 0.1) is 5.92 Å². The van der Waals surface area contributed by atoms with E-state index in [-0.39, 0.29) is 0 Å². The van der Waals surface area contributed by atoms with Crippen LogP contribution in [-0.4, -0.2) is 24.0 Å². The Morgan fingerprint density at radius 2 is 2.00 bits per heavy atom. The van der Waals surface area contributed by atoms with Crippen LogP contribution in [0.3, 0.4) is 0 Å². The van der Waals surface area contributed by atoms with Gasteiger partial charge in [0.1, 0.15) is 0 Å². The van der Waals surface area contributed by atoms with Crippen molar-refractivity contribution in [3.8, 4) is 0 Å². The van der Waals surface area contributed by atoms with Gasteiger partial charge in [-0.25, -0.2) is 0 Å². The lowest BCUT2D eigenvalue weighted by Gasteiger charge is -2.41. The van der Waals surface area contributed by atoms with E-state index >= 15 is 0 Å². The van der Waals surface area contributed by atoms with Crippen LogP contribution in [0.25, 0.3) is 0 Å². The predicted octanol–water partition coefficient (Wildman–Crippen LogP) is 3.67. The summed E-state index contributed by atoms with van der Waals surface area (Å²) >= 11 is 1.80. The van der Waals surface area contributed by atoms with Crippen LogP contribution in [0.15, 0.2) is 47.2 Å². The average molecular weight is 298 g/mol. The van der Waals surface area contributed by atoms with Gasteiger partial charge in [-0.2, -0.15) is 11.3 Å². The van der Waals surface area contributed by atoms with Gasteiger partial charge >= 0.3 is 0 Å². The van der Waals surface area contributed by atoms with E-state index in [1.54, 1.807) is 11.3 Å². The van der Waals surface area contributed by atoms with E-state index in [2.05, 4.69) is 57.4 Å². The maximum absolute atomic E-state index is 3.80. The summed E-state index contributed by atoms with van der Waals surface area (Å²) in [7, 11) is 0. The molecule has 2 unspecified atom stereocenters. The van der Waals surface area contributed by atoms with Crippen LogP contribution in [0.4, 0.5) is 0 Å². The van der Waals surface area contributed by atoms with Crippen molar-refractivity contribution in [2.45, 2.75) is 31.5 Å². The van der Waals surface area contributed by atoms with E-state index in [0.717, 1.165) is 19.0 Å². The first-order valence-electron chi connectivity index (χ1n) is 7.93. The third kappa shape index (κ3) is 3.05. The van der Waals surface area contributed by atoms with Crippen LogP contribution in [0.5, 0.6) is 0 Å². The van der Waals surface area contributed by atoms with Gasteiger partial charge in [0, 0.05) is 31.7 Å². The van der Waals surface area contributed by atoms with E-state index in [1.807, 2.05) is 0 Å². The van der Waals surface area contributed by atoms with Crippen molar-refractivity contribution in [3.05, 3.63) is 58.3 Å². The van der Waals surface area contributed by atoms with E-state index in [1.165, 1.54) is 30.5 Å². The molecular weight excluding hydrogens is 276 g/mol. The molecule has 1 aliphatic carbocycles. The van der Waals surface area contributed by atoms with Gasteiger partial charge in [0.15, 0.2) is 0 Å². The highest BCUT2D eigenvalue weighted by atomic mass is 32.1. The number of benzene rings is 1. The molecule has 0 bridgehead atoms. The Morgan fingerprint density at radius 3 is 2.71 bits per heavy atom. The molecule has 21 heavy (non-hydrogen) atoms. The molecule has 0 spiro atoms. The first-order valence-corrected chi connectivity index (χ1v) is 8.88. The molecule has 2 aromatic rings. The minimum Gasteiger partial charge on any atom is -0.311 e. The van der Waals surface area contributed by atoms with Crippen LogP contribution in [0.2, 0.25) is 0 Å². The fourth-order valence-electron chi connectivity index (χ4n) is 3.45. The minimum absolute atomic E-state index is 0.501. The van der Waals surface area contributed by atoms with Crippen molar-refractivity contribution < 1.29 is 0 Å². The summed E-state index contributed by atoms with van der Waals surface area (Å²) in [6.07, 6.45) is 2.83. The highest BCUT2D eigenvalue weighted by molar-refractivity contribution is 7.07. The lowest BCUT2D eigenvalue weighted by atomic mass is 9.99. The second-order valence-electron chi connectivity index (χ2n) is 6.34. The molecule has 3 heteroatoms. The summed E-state index contributed by atoms with van der Waals surface area (Å²) < 4.78 is 0.